The zero-order valence-electron chi connectivity index (χ0n) is 11.7. The molecule has 2 aromatic rings. The van der Waals surface area contributed by atoms with Gasteiger partial charge in [0.2, 0.25) is 0 Å². The Morgan fingerprint density at radius 1 is 1.33 bits per heavy atom. The highest BCUT2D eigenvalue weighted by molar-refractivity contribution is 7.14. The van der Waals surface area contributed by atoms with Crippen molar-refractivity contribution in [1.29, 1.82) is 0 Å². The number of hydrogen-bond acceptors (Lipinski definition) is 3. The van der Waals surface area contributed by atoms with Crippen LogP contribution in [0.25, 0.3) is 0 Å². The van der Waals surface area contributed by atoms with E-state index in [0.717, 1.165) is 16.0 Å². The molecule has 0 aliphatic heterocycles. The van der Waals surface area contributed by atoms with Gasteiger partial charge in [0.05, 0.1) is 9.75 Å². The molecule has 0 fully saturated rings. The molecule has 5 heteroatoms. The van der Waals surface area contributed by atoms with Crippen molar-refractivity contribution >= 4 is 34.5 Å². The number of anilines is 1. The summed E-state index contributed by atoms with van der Waals surface area (Å²) in [6.45, 7) is 3.60. The number of hydrogen-bond donors (Lipinski definition) is 2. The Balaban J connectivity index is 2.18. The summed E-state index contributed by atoms with van der Waals surface area (Å²) in [5, 5.41) is 12.1. The number of thiophene rings is 1. The van der Waals surface area contributed by atoms with Crippen LogP contribution in [0.1, 0.15) is 25.7 Å². The quantitative estimate of drug-likeness (QED) is 0.831. The summed E-state index contributed by atoms with van der Waals surface area (Å²) in [7, 11) is 0. The maximum atomic E-state index is 12.2. The minimum Gasteiger partial charge on any atom is -0.384 e. The summed E-state index contributed by atoms with van der Waals surface area (Å²) in [6.07, 6.45) is 0. The van der Waals surface area contributed by atoms with E-state index in [9.17, 15) is 4.79 Å². The molecule has 0 bridgehead atoms. The van der Waals surface area contributed by atoms with Gasteiger partial charge < -0.3 is 10.4 Å². The molecule has 108 valence electrons. The van der Waals surface area contributed by atoms with Crippen molar-refractivity contribution in [3.63, 3.8) is 0 Å². The molecule has 2 rings (SSSR count). The molecule has 0 saturated carbocycles. The zero-order chi connectivity index (χ0) is 15.4. The summed E-state index contributed by atoms with van der Waals surface area (Å²) >= 11 is 7.34. The summed E-state index contributed by atoms with van der Waals surface area (Å²) in [5.74, 6) is 5.23. The third kappa shape index (κ3) is 3.85. The maximum Gasteiger partial charge on any atom is 0.265 e. The van der Waals surface area contributed by atoms with Crippen LogP contribution < -0.4 is 5.32 Å². The fourth-order valence-electron chi connectivity index (χ4n) is 1.70. The number of carbonyl (C=O) groups is 1. The van der Waals surface area contributed by atoms with Crippen molar-refractivity contribution in [2.45, 2.75) is 13.8 Å². The second-order valence-electron chi connectivity index (χ2n) is 4.50. The summed E-state index contributed by atoms with van der Waals surface area (Å²) < 4.78 is 0. The van der Waals surface area contributed by atoms with Crippen LogP contribution >= 0.6 is 22.9 Å². The van der Waals surface area contributed by atoms with Crippen LogP contribution in [0.3, 0.4) is 0 Å². The lowest BCUT2D eigenvalue weighted by Gasteiger charge is -2.05. The Bertz CT molecular complexity index is 740. The zero-order valence-corrected chi connectivity index (χ0v) is 13.2. The van der Waals surface area contributed by atoms with Gasteiger partial charge in [-0.05, 0) is 43.2 Å². The summed E-state index contributed by atoms with van der Waals surface area (Å²) in [5.41, 5.74) is 2.54. The number of aliphatic hydroxyl groups is 1. The topological polar surface area (TPSA) is 49.3 Å². The molecule has 0 atom stereocenters. The fourth-order valence-corrected chi connectivity index (χ4v) is 2.82. The molecule has 0 aliphatic carbocycles. The fraction of sp³-hybridized carbons (Fsp3) is 0.188. The number of nitrogens with one attached hydrogen (secondary N) is 1. The van der Waals surface area contributed by atoms with Gasteiger partial charge in [-0.2, -0.15) is 0 Å². The highest BCUT2D eigenvalue weighted by Crippen LogP contribution is 2.24. The van der Waals surface area contributed by atoms with Gasteiger partial charge in [0.1, 0.15) is 6.61 Å². The normalized spacial score (nSPS) is 9.90. The molecule has 1 aromatic carbocycles. The smallest absolute Gasteiger partial charge is 0.265 e. The van der Waals surface area contributed by atoms with Crippen LogP contribution in [0.4, 0.5) is 5.69 Å². The highest BCUT2D eigenvalue weighted by atomic mass is 35.5. The third-order valence-electron chi connectivity index (χ3n) is 2.85. The average molecular weight is 320 g/mol. The number of aliphatic hydroxyl groups excluding tert-OH is 1. The molecule has 2 N–H and O–H groups in total. The standard InChI is InChI=1S/C16H14ClNO2S/c1-10-5-6-12(9-13(10)17)18-16(20)15-8-11(2)14(21-15)4-3-7-19/h5-6,8-9,19H,7H2,1-2H3,(H,18,20). The molecule has 0 unspecified atom stereocenters. The molecule has 3 nitrogen and oxygen atoms in total. The molecule has 21 heavy (non-hydrogen) atoms. The Morgan fingerprint density at radius 2 is 2.10 bits per heavy atom. The van der Waals surface area contributed by atoms with Crippen LogP contribution in [-0.2, 0) is 0 Å². The van der Waals surface area contributed by atoms with E-state index >= 15 is 0 Å². The first kappa shape index (κ1) is 15.6. The van der Waals surface area contributed by atoms with Crippen molar-refractivity contribution in [2.75, 3.05) is 11.9 Å². The van der Waals surface area contributed by atoms with Gasteiger partial charge in [0, 0.05) is 10.7 Å². The van der Waals surface area contributed by atoms with Gasteiger partial charge in [-0.3, -0.25) is 4.79 Å². The van der Waals surface area contributed by atoms with E-state index in [1.807, 2.05) is 26.0 Å². The van der Waals surface area contributed by atoms with E-state index in [-0.39, 0.29) is 12.5 Å². The Labute approximate surface area is 132 Å². The lowest BCUT2D eigenvalue weighted by atomic mass is 10.2. The molecule has 1 amide bonds. The molecule has 1 aromatic heterocycles. The first-order valence-corrected chi connectivity index (χ1v) is 7.48. The van der Waals surface area contributed by atoms with Gasteiger partial charge in [-0.25, -0.2) is 0 Å². The van der Waals surface area contributed by atoms with Gasteiger partial charge in [0.25, 0.3) is 5.91 Å². The van der Waals surface area contributed by atoms with Gasteiger partial charge in [0.15, 0.2) is 0 Å². The Hall–Kier alpha value is -1.80. The first-order valence-electron chi connectivity index (χ1n) is 6.29. The Morgan fingerprint density at radius 3 is 2.76 bits per heavy atom. The maximum absolute atomic E-state index is 12.2. The lowest BCUT2D eigenvalue weighted by Crippen LogP contribution is -2.10. The lowest BCUT2D eigenvalue weighted by molar-refractivity contribution is 0.103. The number of halogens is 1. The van der Waals surface area contributed by atoms with Crippen molar-refractivity contribution < 1.29 is 9.90 Å². The molecule has 0 saturated heterocycles. The second-order valence-corrected chi connectivity index (χ2v) is 5.96. The minimum absolute atomic E-state index is 0.194. The molecular formula is C16H14ClNO2S. The highest BCUT2D eigenvalue weighted by Gasteiger charge is 2.12. The van der Waals surface area contributed by atoms with Crippen molar-refractivity contribution in [3.8, 4) is 11.8 Å². The second kappa shape index (κ2) is 6.77. The number of benzene rings is 1. The number of amides is 1. The van der Waals surface area contributed by atoms with E-state index in [0.29, 0.717) is 15.6 Å². The van der Waals surface area contributed by atoms with E-state index < -0.39 is 0 Å². The monoisotopic (exact) mass is 319 g/mol. The molecule has 0 radical (unpaired) electrons. The molecular weight excluding hydrogens is 306 g/mol. The van der Waals surface area contributed by atoms with Crippen molar-refractivity contribution in [1.82, 2.24) is 0 Å². The van der Waals surface area contributed by atoms with Gasteiger partial charge in [-0.15, -0.1) is 11.3 Å². The van der Waals surface area contributed by atoms with E-state index in [1.165, 1.54) is 11.3 Å². The van der Waals surface area contributed by atoms with Crippen LogP contribution in [0.2, 0.25) is 5.02 Å². The van der Waals surface area contributed by atoms with Gasteiger partial charge >= 0.3 is 0 Å². The van der Waals surface area contributed by atoms with Crippen LogP contribution in [-0.4, -0.2) is 17.6 Å². The first-order chi connectivity index (χ1) is 10.0. The number of rotatable bonds is 2. The van der Waals surface area contributed by atoms with Gasteiger partial charge in [-0.1, -0.05) is 29.5 Å². The van der Waals surface area contributed by atoms with E-state index in [1.54, 1.807) is 12.1 Å². The third-order valence-corrected chi connectivity index (χ3v) is 4.41. The molecule has 0 spiro atoms. The van der Waals surface area contributed by atoms with E-state index in [2.05, 4.69) is 17.2 Å². The predicted octanol–water partition coefficient (Wildman–Crippen LogP) is 3.61. The number of carbonyl (C=O) groups excluding carboxylic acids is 1. The number of aryl methyl sites for hydroxylation is 2. The van der Waals surface area contributed by atoms with Crippen LogP contribution in [0.15, 0.2) is 24.3 Å². The minimum atomic E-state index is -0.194. The average Bonchev–Trinajstić information content (AvgIpc) is 2.82. The SMILES string of the molecule is Cc1ccc(NC(=O)c2cc(C)c(C#CCO)s2)cc1Cl. The van der Waals surface area contributed by atoms with Crippen molar-refractivity contribution in [3.05, 3.63) is 50.2 Å². The summed E-state index contributed by atoms with van der Waals surface area (Å²) in [4.78, 5) is 13.6. The van der Waals surface area contributed by atoms with E-state index in [4.69, 9.17) is 16.7 Å². The molecule has 1 heterocycles. The summed E-state index contributed by atoms with van der Waals surface area (Å²) in [6, 6.07) is 7.18. The van der Waals surface area contributed by atoms with Crippen molar-refractivity contribution in [2.24, 2.45) is 0 Å². The molecule has 0 aliphatic rings. The predicted molar refractivity (Wildman–Crippen MR) is 87.2 cm³/mol. The Kier molecular flexibility index (Phi) is 5.03. The van der Waals surface area contributed by atoms with Crippen LogP contribution in [0, 0.1) is 25.7 Å². The largest absolute Gasteiger partial charge is 0.384 e. The van der Waals surface area contributed by atoms with Crippen LogP contribution in [0.5, 0.6) is 0 Å².